The Labute approximate surface area is 99.8 Å². The maximum atomic E-state index is 14.1. The van der Waals surface area contributed by atoms with Crippen molar-refractivity contribution in [2.75, 3.05) is 7.11 Å². The smallest absolute Gasteiger partial charge is 0.190 e. The van der Waals surface area contributed by atoms with E-state index in [4.69, 9.17) is 10.5 Å². The van der Waals surface area contributed by atoms with Crippen LogP contribution in [0.25, 0.3) is 0 Å². The van der Waals surface area contributed by atoms with Crippen molar-refractivity contribution >= 4 is 0 Å². The second-order valence-electron chi connectivity index (χ2n) is 4.66. The minimum atomic E-state index is -0.687. The van der Waals surface area contributed by atoms with Gasteiger partial charge in [-0.25, -0.2) is 8.78 Å². The van der Waals surface area contributed by atoms with E-state index in [1.165, 1.54) is 19.2 Å². The molecule has 17 heavy (non-hydrogen) atoms. The zero-order valence-corrected chi connectivity index (χ0v) is 9.93. The van der Waals surface area contributed by atoms with E-state index in [9.17, 15) is 8.78 Å². The highest BCUT2D eigenvalue weighted by Gasteiger charge is 2.33. The van der Waals surface area contributed by atoms with Crippen molar-refractivity contribution in [1.29, 1.82) is 0 Å². The molecule has 1 saturated carbocycles. The van der Waals surface area contributed by atoms with Gasteiger partial charge in [0.25, 0.3) is 0 Å². The highest BCUT2D eigenvalue weighted by Crippen LogP contribution is 2.38. The van der Waals surface area contributed by atoms with E-state index in [1.807, 2.05) is 0 Å². The first-order valence-corrected chi connectivity index (χ1v) is 5.90. The number of nitrogens with two attached hydrogens (primary N) is 1. The number of methoxy groups -OCH3 is 1. The van der Waals surface area contributed by atoms with Crippen molar-refractivity contribution in [3.05, 3.63) is 29.3 Å². The van der Waals surface area contributed by atoms with Crippen LogP contribution < -0.4 is 10.5 Å². The van der Waals surface area contributed by atoms with Gasteiger partial charge in [0.05, 0.1) is 7.11 Å². The van der Waals surface area contributed by atoms with Gasteiger partial charge in [-0.3, -0.25) is 0 Å². The van der Waals surface area contributed by atoms with E-state index in [0.717, 1.165) is 32.1 Å². The van der Waals surface area contributed by atoms with Gasteiger partial charge in [-0.05, 0) is 18.9 Å². The summed E-state index contributed by atoms with van der Waals surface area (Å²) in [7, 11) is 1.26. The zero-order valence-electron chi connectivity index (χ0n) is 9.93. The summed E-state index contributed by atoms with van der Waals surface area (Å²) >= 11 is 0. The first kappa shape index (κ1) is 12.3. The first-order chi connectivity index (χ1) is 8.08. The third kappa shape index (κ3) is 2.14. The highest BCUT2D eigenvalue weighted by atomic mass is 19.1. The van der Waals surface area contributed by atoms with E-state index in [0.29, 0.717) is 5.56 Å². The molecule has 2 nitrogen and oxygen atoms in total. The molecule has 2 N–H and O–H groups in total. The van der Waals surface area contributed by atoms with Crippen molar-refractivity contribution in [1.82, 2.24) is 0 Å². The van der Waals surface area contributed by atoms with Gasteiger partial charge in [0, 0.05) is 11.1 Å². The van der Waals surface area contributed by atoms with Gasteiger partial charge >= 0.3 is 0 Å². The predicted octanol–water partition coefficient (Wildman–Crippen LogP) is 3.09. The third-order valence-electron chi connectivity index (χ3n) is 3.54. The van der Waals surface area contributed by atoms with Crippen LogP contribution in [0.2, 0.25) is 0 Å². The van der Waals surface area contributed by atoms with Crippen LogP contribution in [0.3, 0.4) is 0 Å². The van der Waals surface area contributed by atoms with Gasteiger partial charge in [0.1, 0.15) is 0 Å². The fourth-order valence-electron chi connectivity index (χ4n) is 2.56. The number of ether oxygens (including phenoxy) is 1. The summed E-state index contributed by atoms with van der Waals surface area (Å²) in [4.78, 5) is 0. The van der Waals surface area contributed by atoms with Crippen LogP contribution in [-0.2, 0) is 5.54 Å². The number of halogens is 2. The first-order valence-electron chi connectivity index (χ1n) is 5.90. The molecule has 0 aliphatic heterocycles. The molecule has 1 aliphatic rings. The summed E-state index contributed by atoms with van der Waals surface area (Å²) in [6, 6.07) is 2.67. The molecule has 0 heterocycles. The van der Waals surface area contributed by atoms with Crippen LogP contribution in [0.15, 0.2) is 12.1 Å². The number of rotatable bonds is 2. The SMILES string of the molecule is COc1c(F)ccc(C2(N)CCCCC2)c1F. The third-order valence-corrected chi connectivity index (χ3v) is 3.54. The number of hydrogen-bond donors (Lipinski definition) is 1. The molecular weight excluding hydrogens is 224 g/mol. The maximum absolute atomic E-state index is 14.1. The summed E-state index contributed by atoms with van der Waals surface area (Å²) < 4.78 is 32.2. The van der Waals surface area contributed by atoms with Crippen molar-refractivity contribution in [3.63, 3.8) is 0 Å². The quantitative estimate of drug-likeness (QED) is 0.863. The van der Waals surface area contributed by atoms with E-state index in [1.54, 1.807) is 0 Å². The van der Waals surface area contributed by atoms with Gasteiger partial charge in [0.15, 0.2) is 17.4 Å². The normalized spacial score (nSPS) is 19.1. The van der Waals surface area contributed by atoms with Crippen molar-refractivity contribution in [3.8, 4) is 5.75 Å². The fourth-order valence-corrected chi connectivity index (χ4v) is 2.56. The molecule has 0 spiro atoms. The number of hydrogen-bond acceptors (Lipinski definition) is 2. The molecule has 0 aromatic heterocycles. The average Bonchev–Trinajstić information content (AvgIpc) is 2.30. The Bertz CT molecular complexity index is 414. The molecule has 1 aromatic carbocycles. The standard InChI is InChI=1S/C13H17F2NO/c1-17-12-10(14)6-5-9(11(12)15)13(16)7-3-2-4-8-13/h5-6H,2-4,7-8,16H2,1H3. The monoisotopic (exact) mass is 241 g/mol. The lowest BCUT2D eigenvalue weighted by molar-refractivity contribution is 0.284. The Morgan fingerprint density at radius 1 is 1.18 bits per heavy atom. The molecular formula is C13H17F2NO. The summed E-state index contributed by atoms with van der Waals surface area (Å²) in [5.41, 5.74) is 5.93. The molecule has 1 aromatic rings. The van der Waals surface area contributed by atoms with Crippen molar-refractivity contribution in [2.24, 2.45) is 5.73 Å². The lowest BCUT2D eigenvalue weighted by Gasteiger charge is -2.34. The Hall–Kier alpha value is -1.16. The van der Waals surface area contributed by atoms with E-state index in [-0.39, 0.29) is 5.75 Å². The van der Waals surface area contributed by atoms with Crippen LogP contribution >= 0.6 is 0 Å². The van der Waals surface area contributed by atoms with Crippen LogP contribution in [-0.4, -0.2) is 7.11 Å². The van der Waals surface area contributed by atoms with Crippen LogP contribution in [0.4, 0.5) is 8.78 Å². The molecule has 0 amide bonds. The second-order valence-corrected chi connectivity index (χ2v) is 4.66. The van der Waals surface area contributed by atoms with Crippen LogP contribution in [0.1, 0.15) is 37.7 Å². The average molecular weight is 241 g/mol. The molecule has 1 aliphatic carbocycles. The second kappa shape index (κ2) is 4.61. The Morgan fingerprint density at radius 2 is 1.82 bits per heavy atom. The van der Waals surface area contributed by atoms with Gasteiger partial charge in [0.2, 0.25) is 0 Å². The molecule has 4 heteroatoms. The van der Waals surface area contributed by atoms with Gasteiger partial charge in [-0.1, -0.05) is 25.3 Å². The van der Waals surface area contributed by atoms with Gasteiger partial charge < -0.3 is 10.5 Å². The molecule has 94 valence electrons. The Kier molecular flexibility index (Phi) is 3.33. The summed E-state index contributed by atoms with van der Waals surface area (Å²) in [6.45, 7) is 0. The molecule has 2 rings (SSSR count). The van der Waals surface area contributed by atoms with Crippen LogP contribution in [0.5, 0.6) is 5.75 Å². The molecule has 0 bridgehead atoms. The minimum Gasteiger partial charge on any atom is -0.491 e. The number of benzene rings is 1. The maximum Gasteiger partial charge on any atom is 0.190 e. The van der Waals surface area contributed by atoms with Gasteiger partial charge in [-0.2, -0.15) is 0 Å². The molecule has 1 fully saturated rings. The summed E-state index contributed by atoms with van der Waals surface area (Å²) in [5, 5.41) is 0. The molecule has 0 unspecified atom stereocenters. The lowest BCUT2D eigenvalue weighted by atomic mass is 9.77. The van der Waals surface area contributed by atoms with Crippen molar-refractivity contribution in [2.45, 2.75) is 37.6 Å². The Morgan fingerprint density at radius 3 is 2.41 bits per heavy atom. The van der Waals surface area contributed by atoms with Crippen LogP contribution in [0, 0.1) is 11.6 Å². The zero-order chi connectivity index (χ0) is 12.5. The summed E-state index contributed by atoms with van der Waals surface area (Å²) in [6.07, 6.45) is 4.56. The molecule has 0 radical (unpaired) electrons. The fraction of sp³-hybridized carbons (Fsp3) is 0.538. The van der Waals surface area contributed by atoms with Crippen molar-refractivity contribution < 1.29 is 13.5 Å². The minimum absolute atomic E-state index is 0.335. The Balaban J connectivity index is 2.44. The van der Waals surface area contributed by atoms with E-state index in [2.05, 4.69) is 0 Å². The molecule has 0 saturated heterocycles. The van der Waals surface area contributed by atoms with Gasteiger partial charge in [-0.15, -0.1) is 0 Å². The largest absolute Gasteiger partial charge is 0.491 e. The predicted molar refractivity (Wildman–Crippen MR) is 61.9 cm³/mol. The molecule has 0 atom stereocenters. The highest BCUT2D eigenvalue weighted by molar-refractivity contribution is 5.37. The topological polar surface area (TPSA) is 35.2 Å². The van der Waals surface area contributed by atoms with E-state index < -0.39 is 17.2 Å². The lowest BCUT2D eigenvalue weighted by Crippen LogP contribution is -2.39. The summed E-state index contributed by atoms with van der Waals surface area (Å²) in [5.74, 6) is -1.68. The van der Waals surface area contributed by atoms with E-state index >= 15 is 0 Å².